The summed E-state index contributed by atoms with van der Waals surface area (Å²) in [6.07, 6.45) is 8.46. The quantitative estimate of drug-likeness (QED) is 0.144. The van der Waals surface area contributed by atoms with Gasteiger partial charge < -0.3 is 21.3 Å². The van der Waals surface area contributed by atoms with Crippen LogP contribution in [0.5, 0.6) is 0 Å². The standard InChI is InChI=1S/C30H36N10/c1-5-21-39-27(9-1)35-23-11-13-25(37-29(23)39)33-19-7-17-31-15-3-4-16-32-18-8-20-34-26-14-12-24-30(38-26)40-22-6-2-10-28(40)36-24/h1-2,5-6,9-14,21-22,31-32H,3-4,7-8,15-20H2,(H,33,37)(H,34,38). The average molecular weight is 537 g/mol. The number of nitrogens with one attached hydrogen (secondary N) is 4. The van der Waals surface area contributed by atoms with Crippen LogP contribution in [-0.4, -0.2) is 68.0 Å². The molecule has 0 atom stereocenters. The van der Waals surface area contributed by atoms with Crippen molar-refractivity contribution in [3.63, 3.8) is 0 Å². The number of imidazole rings is 2. The summed E-state index contributed by atoms with van der Waals surface area (Å²) in [5, 5.41) is 14.0. The number of anilines is 2. The van der Waals surface area contributed by atoms with E-state index >= 15 is 0 Å². The second-order valence-corrected chi connectivity index (χ2v) is 9.93. The van der Waals surface area contributed by atoms with Crippen molar-refractivity contribution in [3.8, 4) is 0 Å². The van der Waals surface area contributed by atoms with E-state index in [2.05, 4.69) is 31.2 Å². The Hall–Kier alpha value is -4.28. The van der Waals surface area contributed by atoms with Gasteiger partial charge >= 0.3 is 0 Å². The van der Waals surface area contributed by atoms with E-state index < -0.39 is 0 Å². The average Bonchev–Trinajstić information content (AvgIpc) is 3.55. The summed E-state index contributed by atoms with van der Waals surface area (Å²) >= 11 is 0. The van der Waals surface area contributed by atoms with Crippen molar-refractivity contribution in [3.05, 3.63) is 73.1 Å². The minimum absolute atomic E-state index is 0.889. The lowest BCUT2D eigenvalue weighted by molar-refractivity contribution is 0.573. The van der Waals surface area contributed by atoms with Gasteiger partial charge in [-0.25, -0.2) is 19.9 Å². The number of hydrogen-bond acceptors (Lipinski definition) is 8. The number of pyridine rings is 4. The van der Waals surface area contributed by atoms with E-state index in [0.29, 0.717) is 0 Å². The van der Waals surface area contributed by atoms with Crippen molar-refractivity contribution >= 4 is 45.3 Å². The van der Waals surface area contributed by atoms with Crippen LogP contribution in [0.3, 0.4) is 0 Å². The zero-order valence-electron chi connectivity index (χ0n) is 22.7. The molecular weight excluding hydrogens is 500 g/mol. The van der Waals surface area contributed by atoms with Crippen LogP contribution in [0.15, 0.2) is 73.1 Å². The van der Waals surface area contributed by atoms with E-state index in [1.165, 1.54) is 12.8 Å². The first-order valence-electron chi connectivity index (χ1n) is 14.2. The van der Waals surface area contributed by atoms with Gasteiger partial charge in [-0.2, -0.15) is 0 Å². The van der Waals surface area contributed by atoms with Gasteiger partial charge in [-0.1, -0.05) is 12.1 Å². The molecule has 0 saturated heterocycles. The minimum Gasteiger partial charge on any atom is -0.370 e. The largest absolute Gasteiger partial charge is 0.370 e. The van der Waals surface area contributed by atoms with Crippen LogP contribution in [0.2, 0.25) is 0 Å². The highest BCUT2D eigenvalue weighted by molar-refractivity contribution is 5.79. The van der Waals surface area contributed by atoms with E-state index in [-0.39, 0.29) is 0 Å². The smallest absolute Gasteiger partial charge is 0.166 e. The van der Waals surface area contributed by atoms with Crippen molar-refractivity contribution in [2.75, 3.05) is 49.9 Å². The second kappa shape index (κ2) is 12.7. The van der Waals surface area contributed by atoms with Crippen LogP contribution in [0.25, 0.3) is 33.6 Å². The Morgan fingerprint density at radius 1 is 0.475 bits per heavy atom. The fraction of sp³-hybridized carbons (Fsp3) is 0.333. The molecule has 6 heterocycles. The topological polar surface area (TPSA) is 108 Å². The first-order chi connectivity index (χ1) is 19.8. The molecule has 0 saturated carbocycles. The van der Waals surface area contributed by atoms with Gasteiger partial charge in [-0.15, -0.1) is 0 Å². The van der Waals surface area contributed by atoms with Gasteiger partial charge in [0.15, 0.2) is 11.3 Å². The monoisotopic (exact) mass is 536 g/mol. The molecule has 6 rings (SSSR count). The highest BCUT2D eigenvalue weighted by atomic mass is 15.1. The van der Waals surface area contributed by atoms with Crippen molar-refractivity contribution in [1.82, 2.24) is 39.4 Å². The van der Waals surface area contributed by atoms with Crippen LogP contribution in [0.1, 0.15) is 25.7 Å². The lowest BCUT2D eigenvalue weighted by Crippen LogP contribution is -2.22. The number of hydrogen-bond donors (Lipinski definition) is 4. The highest BCUT2D eigenvalue weighted by Crippen LogP contribution is 2.18. The van der Waals surface area contributed by atoms with Gasteiger partial charge in [0.05, 0.1) is 0 Å². The molecule has 0 spiro atoms. The van der Waals surface area contributed by atoms with E-state index in [1.54, 1.807) is 0 Å². The van der Waals surface area contributed by atoms with Crippen LogP contribution in [0, 0.1) is 0 Å². The molecular formula is C30H36N10. The first-order valence-corrected chi connectivity index (χ1v) is 14.2. The zero-order chi connectivity index (χ0) is 27.0. The van der Waals surface area contributed by atoms with Gasteiger partial charge in [-0.3, -0.25) is 8.80 Å². The summed E-state index contributed by atoms with van der Waals surface area (Å²) in [7, 11) is 0. The fourth-order valence-electron chi connectivity index (χ4n) is 4.87. The molecule has 6 aromatic heterocycles. The summed E-state index contributed by atoms with van der Waals surface area (Å²) in [5.74, 6) is 1.78. The van der Waals surface area contributed by atoms with Crippen molar-refractivity contribution in [1.29, 1.82) is 0 Å². The zero-order valence-corrected chi connectivity index (χ0v) is 22.7. The second-order valence-electron chi connectivity index (χ2n) is 9.93. The molecule has 0 aliphatic carbocycles. The molecule has 0 amide bonds. The number of rotatable bonds is 15. The van der Waals surface area contributed by atoms with Crippen molar-refractivity contribution in [2.24, 2.45) is 0 Å². The molecule has 0 bridgehead atoms. The fourth-order valence-corrected chi connectivity index (χ4v) is 4.87. The molecule has 0 fully saturated rings. The lowest BCUT2D eigenvalue weighted by atomic mass is 10.3. The highest BCUT2D eigenvalue weighted by Gasteiger charge is 2.07. The summed E-state index contributed by atoms with van der Waals surface area (Å²) in [6.45, 7) is 5.87. The van der Waals surface area contributed by atoms with Gasteiger partial charge in [0.2, 0.25) is 0 Å². The van der Waals surface area contributed by atoms with Gasteiger partial charge in [0, 0.05) is 25.5 Å². The Kier molecular flexibility index (Phi) is 8.26. The number of aromatic nitrogens is 6. The molecule has 0 aliphatic rings. The van der Waals surface area contributed by atoms with Gasteiger partial charge in [0.1, 0.15) is 34.0 Å². The number of fused-ring (bicyclic) bond motifs is 6. The molecule has 0 radical (unpaired) electrons. The molecule has 40 heavy (non-hydrogen) atoms. The molecule has 0 unspecified atom stereocenters. The Labute approximate surface area is 233 Å². The normalized spacial score (nSPS) is 11.7. The van der Waals surface area contributed by atoms with Crippen LogP contribution in [-0.2, 0) is 0 Å². The minimum atomic E-state index is 0.889. The third-order valence-electron chi connectivity index (χ3n) is 6.94. The number of unbranched alkanes of at least 4 members (excludes halogenated alkanes) is 1. The summed E-state index contributed by atoms with van der Waals surface area (Å²) < 4.78 is 4.05. The lowest BCUT2D eigenvalue weighted by Gasteiger charge is -2.08. The van der Waals surface area contributed by atoms with E-state index in [0.717, 1.165) is 97.4 Å². The van der Waals surface area contributed by atoms with Crippen LogP contribution >= 0.6 is 0 Å². The maximum absolute atomic E-state index is 4.74. The first kappa shape index (κ1) is 26.0. The molecule has 4 N–H and O–H groups in total. The SMILES string of the molecule is c1ccn2c(c1)nc1ccc(NCCCNCCCCNCCCNc3ccc4nc5ccccn5c4n3)nc12. The Bertz CT molecular complexity index is 1560. The van der Waals surface area contributed by atoms with E-state index in [1.807, 2.05) is 81.9 Å². The Balaban J connectivity index is 0.786. The molecule has 10 nitrogen and oxygen atoms in total. The molecule has 10 heteroatoms. The Morgan fingerprint density at radius 2 is 0.950 bits per heavy atom. The third kappa shape index (κ3) is 6.13. The molecule has 0 aliphatic heterocycles. The molecule has 0 aromatic carbocycles. The maximum atomic E-state index is 4.74. The number of nitrogens with zero attached hydrogens (tertiary/aromatic N) is 6. The molecule has 6 aromatic rings. The van der Waals surface area contributed by atoms with Crippen molar-refractivity contribution < 1.29 is 0 Å². The summed E-state index contributed by atoms with van der Waals surface area (Å²) in [5.41, 5.74) is 5.46. The maximum Gasteiger partial charge on any atom is 0.166 e. The predicted octanol–water partition coefficient (Wildman–Crippen LogP) is 4.34. The van der Waals surface area contributed by atoms with Crippen LogP contribution in [0.4, 0.5) is 11.6 Å². The van der Waals surface area contributed by atoms with E-state index in [4.69, 9.17) is 9.97 Å². The van der Waals surface area contributed by atoms with E-state index in [9.17, 15) is 0 Å². The summed E-state index contributed by atoms with van der Waals surface area (Å²) in [6, 6.07) is 20.1. The van der Waals surface area contributed by atoms with Gasteiger partial charge in [-0.05, 0) is 100 Å². The van der Waals surface area contributed by atoms with Gasteiger partial charge in [0.25, 0.3) is 0 Å². The predicted molar refractivity (Wildman–Crippen MR) is 162 cm³/mol. The van der Waals surface area contributed by atoms with Crippen LogP contribution < -0.4 is 21.3 Å². The summed E-state index contributed by atoms with van der Waals surface area (Å²) in [4.78, 5) is 18.7. The van der Waals surface area contributed by atoms with Crippen molar-refractivity contribution in [2.45, 2.75) is 25.7 Å². The Morgan fingerprint density at radius 3 is 1.45 bits per heavy atom. The molecule has 206 valence electrons. The third-order valence-corrected chi connectivity index (χ3v) is 6.94.